The number of fused-ring (bicyclic) bond motifs is 1. The van der Waals surface area contributed by atoms with Crippen molar-refractivity contribution in [2.45, 2.75) is 13.0 Å². The van der Waals surface area contributed by atoms with Gasteiger partial charge in [0.25, 0.3) is 0 Å². The number of nitrogens with zero attached hydrogens (tertiary/aromatic N) is 4. The molecule has 3 N–H and O–H groups in total. The van der Waals surface area contributed by atoms with Crippen molar-refractivity contribution in [1.82, 2.24) is 25.3 Å². The van der Waals surface area contributed by atoms with E-state index in [9.17, 15) is 4.39 Å². The van der Waals surface area contributed by atoms with Gasteiger partial charge in [-0.05, 0) is 43.3 Å². The number of piperazine rings is 1. The second-order valence-corrected chi connectivity index (χ2v) is 9.75. The minimum atomic E-state index is -0.545. The molecule has 0 spiro atoms. The average molecular weight is 540 g/mol. The number of ether oxygens (including phenoxy) is 2. The number of hydrogen-bond donors (Lipinski definition) is 3. The van der Waals surface area contributed by atoms with Crippen molar-refractivity contribution in [3.8, 4) is 33.9 Å². The first-order valence-corrected chi connectivity index (χ1v) is 13.1. The fourth-order valence-corrected chi connectivity index (χ4v) is 5.12. The number of benzene rings is 2. The molecule has 204 valence electrons. The van der Waals surface area contributed by atoms with E-state index in [1.807, 2.05) is 36.5 Å². The molecule has 2 aromatic carbocycles. The zero-order valence-corrected chi connectivity index (χ0v) is 22.5. The molecule has 3 aromatic heterocycles. The van der Waals surface area contributed by atoms with Gasteiger partial charge in [-0.1, -0.05) is 0 Å². The van der Waals surface area contributed by atoms with E-state index in [0.29, 0.717) is 23.2 Å². The SMILES string of the molecule is COc1ccc2c(-c3nc(Nc4ccc(N5CCN[C@@H](C)C5)c(OC)c4)ncc3-c3ccc(F)nc3)c[nH]c2c1. The smallest absolute Gasteiger partial charge is 0.227 e. The zero-order chi connectivity index (χ0) is 27.6. The van der Waals surface area contributed by atoms with Crippen molar-refractivity contribution < 1.29 is 13.9 Å². The molecule has 0 unspecified atom stereocenters. The maximum Gasteiger partial charge on any atom is 0.227 e. The third-order valence-electron chi connectivity index (χ3n) is 7.12. The van der Waals surface area contributed by atoms with Crippen LogP contribution in [-0.2, 0) is 0 Å². The molecule has 1 aliphatic heterocycles. The Hall–Kier alpha value is -4.70. The van der Waals surface area contributed by atoms with Gasteiger partial charge in [0.15, 0.2) is 0 Å². The van der Waals surface area contributed by atoms with Gasteiger partial charge in [0.05, 0.1) is 25.6 Å². The quantitative estimate of drug-likeness (QED) is 0.237. The summed E-state index contributed by atoms with van der Waals surface area (Å²) in [7, 11) is 3.32. The van der Waals surface area contributed by atoms with Crippen LogP contribution in [-0.4, -0.2) is 59.8 Å². The highest BCUT2D eigenvalue weighted by molar-refractivity contribution is 5.99. The number of hydrogen-bond acceptors (Lipinski definition) is 8. The Labute approximate surface area is 231 Å². The van der Waals surface area contributed by atoms with Crippen molar-refractivity contribution in [3.63, 3.8) is 0 Å². The Balaban J connectivity index is 1.38. The Kier molecular flexibility index (Phi) is 6.91. The van der Waals surface area contributed by atoms with Crippen LogP contribution in [0, 0.1) is 5.95 Å². The molecule has 9 nitrogen and oxygen atoms in total. The maximum atomic E-state index is 13.6. The molecule has 1 atom stereocenters. The van der Waals surface area contributed by atoms with Gasteiger partial charge in [0, 0.05) is 89.7 Å². The molecule has 0 bridgehead atoms. The Morgan fingerprint density at radius 3 is 2.67 bits per heavy atom. The van der Waals surface area contributed by atoms with Crippen molar-refractivity contribution in [2.24, 2.45) is 0 Å². The number of aromatic nitrogens is 4. The molecule has 0 aliphatic carbocycles. The number of halogens is 1. The molecule has 40 heavy (non-hydrogen) atoms. The Morgan fingerprint density at radius 1 is 1.00 bits per heavy atom. The highest BCUT2D eigenvalue weighted by atomic mass is 19.1. The predicted octanol–water partition coefficient (Wildman–Crippen LogP) is 5.38. The summed E-state index contributed by atoms with van der Waals surface area (Å²) in [6, 6.07) is 15.3. The van der Waals surface area contributed by atoms with Crippen molar-refractivity contribution in [3.05, 3.63) is 73.1 Å². The molecule has 4 heterocycles. The van der Waals surface area contributed by atoms with Gasteiger partial charge in [0.2, 0.25) is 11.9 Å². The lowest BCUT2D eigenvalue weighted by atomic mass is 10.0. The molecular weight excluding hydrogens is 509 g/mol. The molecule has 10 heteroatoms. The summed E-state index contributed by atoms with van der Waals surface area (Å²) < 4.78 is 24.7. The van der Waals surface area contributed by atoms with Gasteiger partial charge in [-0.25, -0.2) is 15.0 Å². The summed E-state index contributed by atoms with van der Waals surface area (Å²) in [4.78, 5) is 19.0. The van der Waals surface area contributed by atoms with Crippen LogP contribution in [0.1, 0.15) is 6.92 Å². The second-order valence-electron chi connectivity index (χ2n) is 9.75. The lowest BCUT2D eigenvalue weighted by molar-refractivity contribution is 0.410. The van der Waals surface area contributed by atoms with Gasteiger partial charge in [-0.3, -0.25) is 0 Å². The first kappa shape index (κ1) is 25.6. The van der Waals surface area contributed by atoms with E-state index in [-0.39, 0.29) is 0 Å². The number of H-pyrrole nitrogens is 1. The normalized spacial score (nSPS) is 15.3. The minimum Gasteiger partial charge on any atom is -0.497 e. The number of anilines is 3. The number of pyridine rings is 1. The van der Waals surface area contributed by atoms with E-state index in [1.54, 1.807) is 26.5 Å². The van der Waals surface area contributed by atoms with Gasteiger partial charge < -0.3 is 30.0 Å². The molecule has 1 aliphatic rings. The van der Waals surface area contributed by atoms with Gasteiger partial charge in [-0.2, -0.15) is 4.39 Å². The molecule has 0 amide bonds. The molecule has 6 rings (SSSR count). The predicted molar refractivity (Wildman–Crippen MR) is 155 cm³/mol. The zero-order valence-electron chi connectivity index (χ0n) is 22.5. The van der Waals surface area contributed by atoms with E-state index in [1.165, 1.54) is 12.3 Å². The van der Waals surface area contributed by atoms with Crippen LogP contribution >= 0.6 is 0 Å². The van der Waals surface area contributed by atoms with Crippen molar-refractivity contribution >= 4 is 28.2 Å². The molecule has 5 aromatic rings. The lowest BCUT2D eigenvalue weighted by Gasteiger charge is -2.34. The van der Waals surface area contributed by atoms with Gasteiger partial charge in [0.1, 0.15) is 11.5 Å². The van der Waals surface area contributed by atoms with E-state index < -0.39 is 5.95 Å². The third kappa shape index (κ3) is 5.01. The fourth-order valence-electron chi connectivity index (χ4n) is 5.12. The molecule has 0 saturated carbocycles. The first-order chi connectivity index (χ1) is 19.5. The summed E-state index contributed by atoms with van der Waals surface area (Å²) in [6.07, 6.45) is 5.13. The summed E-state index contributed by atoms with van der Waals surface area (Å²) in [5.74, 6) is 1.40. The minimum absolute atomic E-state index is 0.406. The maximum absolute atomic E-state index is 13.6. The monoisotopic (exact) mass is 539 g/mol. The summed E-state index contributed by atoms with van der Waals surface area (Å²) in [5, 5.41) is 7.78. The third-order valence-corrected chi connectivity index (χ3v) is 7.12. The number of nitrogens with one attached hydrogen (secondary N) is 3. The Bertz CT molecular complexity index is 1650. The van der Waals surface area contributed by atoms with Crippen LogP contribution < -0.4 is 25.0 Å². The number of aromatic amines is 1. The lowest BCUT2D eigenvalue weighted by Crippen LogP contribution is -2.49. The summed E-state index contributed by atoms with van der Waals surface area (Å²) >= 11 is 0. The van der Waals surface area contributed by atoms with E-state index in [2.05, 4.69) is 43.5 Å². The van der Waals surface area contributed by atoms with Crippen LogP contribution in [0.25, 0.3) is 33.3 Å². The van der Waals surface area contributed by atoms with E-state index in [0.717, 1.165) is 64.5 Å². The van der Waals surface area contributed by atoms with Crippen LogP contribution in [0.5, 0.6) is 11.5 Å². The van der Waals surface area contributed by atoms with Crippen LogP contribution in [0.15, 0.2) is 67.1 Å². The molecule has 1 fully saturated rings. The topological polar surface area (TPSA) is 100 Å². The second kappa shape index (κ2) is 10.8. The highest BCUT2D eigenvalue weighted by Crippen LogP contribution is 2.37. The van der Waals surface area contributed by atoms with Crippen LogP contribution in [0.3, 0.4) is 0 Å². The van der Waals surface area contributed by atoms with Crippen LogP contribution in [0.2, 0.25) is 0 Å². The highest BCUT2D eigenvalue weighted by Gasteiger charge is 2.20. The van der Waals surface area contributed by atoms with E-state index >= 15 is 0 Å². The standard InChI is InChI=1S/C30H30FN7O2/c1-18-17-38(11-10-32-18)26-8-5-20(12-27(26)40-3)36-30-35-15-23(19-4-9-28(31)34-14-19)29(37-30)24-16-33-25-13-21(39-2)6-7-22(24)25/h4-9,12-16,18,32-33H,10-11,17H2,1-3H3,(H,35,36,37)/t18-/m0/s1. The first-order valence-electron chi connectivity index (χ1n) is 13.1. The Morgan fingerprint density at radius 2 is 1.90 bits per heavy atom. The number of methoxy groups -OCH3 is 2. The molecule has 0 radical (unpaired) electrons. The van der Waals surface area contributed by atoms with E-state index in [4.69, 9.17) is 14.5 Å². The van der Waals surface area contributed by atoms with Crippen molar-refractivity contribution in [1.29, 1.82) is 0 Å². The molecule has 1 saturated heterocycles. The molecular formula is C30H30FN7O2. The van der Waals surface area contributed by atoms with Crippen molar-refractivity contribution in [2.75, 3.05) is 44.1 Å². The summed E-state index contributed by atoms with van der Waals surface area (Å²) in [5.41, 5.74) is 5.76. The average Bonchev–Trinajstić information content (AvgIpc) is 3.40. The largest absolute Gasteiger partial charge is 0.497 e. The fraction of sp³-hybridized carbons (Fsp3) is 0.233. The summed E-state index contributed by atoms with van der Waals surface area (Å²) in [6.45, 7) is 4.93. The van der Waals surface area contributed by atoms with Gasteiger partial charge in [-0.15, -0.1) is 0 Å². The number of rotatable bonds is 7. The van der Waals surface area contributed by atoms with Gasteiger partial charge >= 0.3 is 0 Å². The van der Waals surface area contributed by atoms with Crippen LogP contribution in [0.4, 0.5) is 21.7 Å².